The molecule has 2 heterocycles. The highest BCUT2D eigenvalue weighted by Crippen LogP contribution is 2.15. The fourth-order valence-corrected chi connectivity index (χ4v) is 1.95. The van der Waals surface area contributed by atoms with Crippen LogP contribution >= 0.6 is 0 Å². The second-order valence-corrected chi connectivity index (χ2v) is 4.38. The average molecular weight is 291 g/mol. The van der Waals surface area contributed by atoms with Crippen LogP contribution in [0.4, 0.5) is 8.78 Å². The third kappa shape index (κ3) is 2.62. The van der Waals surface area contributed by atoms with Gasteiger partial charge in [-0.1, -0.05) is 0 Å². The van der Waals surface area contributed by atoms with Crippen LogP contribution in [-0.4, -0.2) is 35.0 Å². The molecule has 9 heteroatoms. The molecule has 0 aliphatic heterocycles. The molecule has 0 spiro atoms. The van der Waals surface area contributed by atoms with Gasteiger partial charge in [0.2, 0.25) is 0 Å². The number of nitrogens with zero attached hydrogens (tertiary/aromatic N) is 7. The molecule has 0 bridgehead atoms. The second-order valence-electron chi connectivity index (χ2n) is 4.38. The smallest absolute Gasteiger partial charge is 0.151 e. The third-order valence-electron chi connectivity index (χ3n) is 3.01. The van der Waals surface area contributed by atoms with Gasteiger partial charge in [-0.25, -0.2) is 23.1 Å². The predicted octanol–water partition coefficient (Wildman–Crippen LogP) is 1.08. The first kappa shape index (κ1) is 13.3. The normalized spacial score (nSPS) is 11.0. The molecule has 0 aliphatic carbocycles. The standard InChI is InChI=1S/C12H11F2N7/c1-8-17-18-19-20(8)5-4-12-15-7-16-21(12)11-3-2-9(13)6-10(11)14/h2-3,6-7H,4-5H2,1H3. The van der Waals surface area contributed by atoms with Gasteiger partial charge in [-0.2, -0.15) is 5.10 Å². The van der Waals surface area contributed by atoms with Crippen molar-refractivity contribution in [3.8, 4) is 5.69 Å². The molecule has 7 nitrogen and oxygen atoms in total. The van der Waals surface area contributed by atoms with E-state index in [0.717, 1.165) is 6.07 Å². The van der Waals surface area contributed by atoms with Crippen LogP contribution in [0.2, 0.25) is 0 Å². The van der Waals surface area contributed by atoms with Crippen LogP contribution in [0.25, 0.3) is 5.69 Å². The van der Waals surface area contributed by atoms with Gasteiger partial charge in [0.15, 0.2) is 5.82 Å². The number of benzene rings is 1. The summed E-state index contributed by atoms with van der Waals surface area (Å²) in [6.07, 6.45) is 1.78. The summed E-state index contributed by atoms with van der Waals surface area (Å²) < 4.78 is 29.7. The molecule has 0 fully saturated rings. The number of tetrazole rings is 1. The van der Waals surface area contributed by atoms with Crippen LogP contribution in [0.3, 0.4) is 0 Å². The molecule has 0 N–H and O–H groups in total. The fourth-order valence-electron chi connectivity index (χ4n) is 1.95. The van der Waals surface area contributed by atoms with Crippen LogP contribution < -0.4 is 0 Å². The van der Waals surface area contributed by atoms with E-state index in [0.29, 0.717) is 24.6 Å². The number of hydrogen-bond donors (Lipinski definition) is 0. The minimum absolute atomic E-state index is 0.150. The summed E-state index contributed by atoms with van der Waals surface area (Å²) in [5, 5.41) is 15.1. The van der Waals surface area contributed by atoms with Crippen molar-refractivity contribution >= 4 is 0 Å². The van der Waals surface area contributed by atoms with Gasteiger partial charge in [0.1, 0.15) is 29.5 Å². The van der Waals surface area contributed by atoms with E-state index in [-0.39, 0.29) is 5.69 Å². The Morgan fingerprint density at radius 3 is 2.81 bits per heavy atom. The molecular formula is C12H11F2N7. The van der Waals surface area contributed by atoms with Crippen LogP contribution in [0.1, 0.15) is 11.6 Å². The van der Waals surface area contributed by atoms with E-state index < -0.39 is 11.6 Å². The summed E-state index contributed by atoms with van der Waals surface area (Å²) in [6.45, 7) is 2.27. The summed E-state index contributed by atoms with van der Waals surface area (Å²) >= 11 is 0. The Labute approximate surface area is 118 Å². The van der Waals surface area contributed by atoms with E-state index in [1.165, 1.54) is 23.1 Å². The monoisotopic (exact) mass is 291 g/mol. The van der Waals surface area contributed by atoms with Gasteiger partial charge >= 0.3 is 0 Å². The summed E-state index contributed by atoms with van der Waals surface area (Å²) in [4.78, 5) is 4.09. The summed E-state index contributed by atoms with van der Waals surface area (Å²) in [5.41, 5.74) is 0.150. The topological polar surface area (TPSA) is 74.3 Å². The van der Waals surface area contributed by atoms with Crippen molar-refractivity contribution in [2.24, 2.45) is 0 Å². The van der Waals surface area contributed by atoms with Crippen molar-refractivity contribution in [2.45, 2.75) is 19.9 Å². The molecular weight excluding hydrogens is 280 g/mol. The third-order valence-corrected chi connectivity index (χ3v) is 3.01. The lowest BCUT2D eigenvalue weighted by atomic mass is 10.3. The number of aromatic nitrogens is 7. The van der Waals surface area contributed by atoms with Crippen LogP contribution in [-0.2, 0) is 13.0 Å². The molecule has 0 amide bonds. The van der Waals surface area contributed by atoms with Gasteiger partial charge in [0.05, 0.1) is 6.54 Å². The van der Waals surface area contributed by atoms with Gasteiger partial charge in [-0.05, 0) is 29.5 Å². The van der Waals surface area contributed by atoms with Gasteiger partial charge in [-0.15, -0.1) is 5.10 Å². The maximum atomic E-state index is 13.8. The quantitative estimate of drug-likeness (QED) is 0.719. The minimum atomic E-state index is -0.694. The maximum Gasteiger partial charge on any atom is 0.151 e. The van der Waals surface area contributed by atoms with E-state index in [9.17, 15) is 8.78 Å². The van der Waals surface area contributed by atoms with E-state index in [2.05, 4.69) is 25.6 Å². The highest BCUT2D eigenvalue weighted by Gasteiger charge is 2.12. The molecule has 108 valence electrons. The molecule has 0 saturated carbocycles. The summed E-state index contributed by atoms with van der Waals surface area (Å²) in [6, 6.07) is 3.31. The zero-order valence-corrected chi connectivity index (χ0v) is 11.1. The molecule has 0 saturated heterocycles. The number of aryl methyl sites for hydroxylation is 3. The fraction of sp³-hybridized carbons (Fsp3) is 0.250. The summed E-state index contributed by atoms with van der Waals surface area (Å²) in [7, 11) is 0. The van der Waals surface area contributed by atoms with E-state index in [4.69, 9.17) is 0 Å². The number of hydrogen-bond acceptors (Lipinski definition) is 5. The van der Waals surface area contributed by atoms with Gasteiger partial charge in [-0.3, -0.25) is 0 Å². The Bertz CT molecular complexity index is 765. The Kier molecular flexibility index (Phi) is 3.38. The molecule has 21 heavy (non-hydrogen) atoms. The SMILES string of the molecule is Cc1nnnn1CCc1ncnn1-c1ccc(F)cc1F. The lowest BCUT2D eigenvalue weighted by Gasteiger charge is -2.07. The Hall–Kier alpha value is -2.71. The van der Waals surface area contributed by atoms with Gasteiger partial charge in [0, 0.05) is 12.5 Å². The average Bonchev–Trinajstić information content (AvgIpc) is 3.05. The van der Waals surface area contributed by atoms with Gasteiger partial charge in [0.25, 0.3) is 0 Å². The molecule has 3 aromatic rings. The molecule has 0 aliphatic rings. The van der Waals surface area contributed by atoms with Crippen molar-refractivity contribution in [3.63, 3.8) is 0 Å². The van der Waals surface area contributed by atoms with Gasteiger partial charge < -0.3 is 0 Å². The zero-order valence-electron chi connectivity index (χ0n) is 11.1. The lowest BCUT2D eigenvalue weighted by Crippen LogP contribution is -2.11. The minimum Gasteiger partial charge on any atom is -0.229 e. The Morgan fingerprint density at radius 1 is 1.24 bits per heavy atom. The maximum absolute atomic E-state index is 13.8. The second kappa shape index (κ2) is 5.35. The Morgan fingerprint density at radius 2 is 2.10 bits per heavy atom. The molecule has 0 radical (unpaired) electrons. The van der Waals surface area contributed by atoms with E-state index >= 15 is 0 Å². The highest BCUT2D eigenvalue weighted by atomic mass is 19.1. The molecule has 3 rings (SSSR count). The first-order chi connectivity index (χ1) is 10.1. The summed E-state index contributed by atoms with van der Waals surface area (Å²) in [5.74, 6) is -0.119. The van der Waals surface area contributed by atoms with Crippen LogP contribution in [0, 0.1) is 18.6 Å². The first-order valence-corrected chi connectivity index (χ1v) is 6.22. The van der Waals surface area contributed by atoms with Crippen molar-refractivity contribution < 1.29 is 8.78 Å². The molecule has 2 aromatic heterocycles. The van der Waals surface area contributed by atoms with Crippen molar-refractivity contribution in [3.05, 3.63) is 47.8 Å². The van der Waals surface area contributed by atoms with Crippen LogP contribution in [0.15, 0.2) is 24.5 Å². The highest BCUT2D eigenvalue weighted by molar-refractivity contribution is 5.33. The first-order valence-electron chi connectivity index (χ1n) is 6.22. The predicted molar refractivity (Wildman–Crippen MR) is 67.5 cm³/mol. The van der Waals surface area contributed by atoms with Crippen LogP contribution in [0.5, 0.6) is 0 Å². The van der Waals surface area contributed by atoms with E-state index in [1.54, 1.807) is 11.6 Å². The molecule has 0 atom stereocenters. The Balaban J connectivity index is 1.85. The van der Waals surface area contributed by atoms with Crippen molar-refractivity contribution in [1.29, 1.82) is 0 Å². The number of halogens is 2. The zero-order chi connectivity index (χ0) is 14.8. The lowest BCUT2D eigenvalue weighted by molar-refractivity contribution is 0.548. The number of rotatable bonds is 4. The molecule has 0 unspecified atom stereocenters. The largest absolute Gasteiger partial charge is 0.229 e. The van der Waals surface area contributed by atoms with E-state index in [1.807, 2.05) is 0 Å². The van der Waals surface area contributed by atoms with Crippen molar-refractivity contribution in [1.82, 2.24) is 35.0 Å². The molecule has 1 aromatic carbocycles. The van der Waals surface area contributed by atoms with Crippen molar-refractivity contribution in [2.75, 3.05) is 0 Å².